The molecule has 0 bridgehead atoms. The zero-order valence-corrected chi connectivity index (χ0v) is 18.6. The van der Waals surface area contributed by atoms with E-state index < -0.39 is 11.6 Å². The zero-order valence-electron chi connectivity index (χ0n) is 18.6. The van der Waals surface area contributed by atoms with Gasteiger partial charge in [0.25, 0.3) is 0 Å². The van der Waals surface area contributed by atoms with E-state index in [1.165, 1.54) is 0 Å². The molecule has 1 aliphatic carbocycles. The number of nitrogens with zero attached hydrogens (tertiary/aromatic N) is 1. The number of nitrogens with one attached hydrogen (secondary N) is 1. The molecule has 2 aromatic carbocycles. The van der Waals surface area contributed by atoms with E-state index in [-0.39, 0.29) is 11.6 Å². The number of piperidine rings is 1. The number of H-pyrrole nitrogens is 1. The molecule has 0 radical (unpaired) electrons. The van der Waals surface area contributed by atoms with Gasteiger partial charge in [0.2, 0.25) is 0 Å². The van der Waals surface area contributed by atoms with Crippen LogP contribution in [0.25, 0.3) is 10.9 Å². The summed E-state index contributed by atoms with van der Waals surface area (Å²) in [5.41, 5.74) is 4.09. The SMILES string of the molecule is COc1cc(C)c2[nH]ccc2c1CN1CCC(O)(C2CC2)CC1c1ccc(C(=O)O)cc1. The number of aromatic nitrogens is 1. The monoisotopic (exact) mass is 434 g/mol. The highest BCUT2D eigenvalue weighted by Gasteiger charge is 2.48. The van der Waals surface area contributed by atoms with Crippen LogP contribution in [0.2, 0.25) is 0 Å². The Labute approximate surface area is 187 Å². The van der Waals surface area contributed by atoms with E-state index in [1.54, 1.807) is 19.2 Å². The number of aryl methyl sites for hydroxylation is 1. The second-order valence-corrected chi connectivity index (χ2v) is 9.39. The Kier molecular flexibility index (Phi) is 5.22. The van der Waals surface area contributed by atoms with E-state index in [2.05, 4.69) is 28.9 Å². The fraction of sp³-hybridized carbons (Fsp3) is 0.423. The van der Waals surface area contributed by atoms with Crippen LogP contribution < -0.4 is 4.74 Å². The Morgan fingerprint density at radius 1 is 1.25 bits per heavy atom. The van der Waals surface area contributed by atoms with Crippen molar-refractivity contribution in [3.05, 3.63) is 64.8 Å². The molecule has 6 nitrogen and oxygen atoms in total. The van der Waals surface area contributed by atoms with Gasteiger partial charge in [0.05, 0.1) is 18.3 Å². The van der Waals surface area contributed by atoms with Gasteiger partial charge in [-0.25, -0.2) is 4.79 Å². The first-order valence-corrected chi connectivity index (χ1v) is 11.3. The van der Waals surface area contributed by atoms with Gasteiger partial charge in [-0.3, -0.25) is 4.90 Å². The molecule has 1 aromatic heterocycles. The lowest BCUT2D eigenvalue weighted by Crippen LogP contribution is -2.47. The molecule has 1 saturated carbocycles. The predicted octanol–water partition coefficient (Wildman–Crippen LogP) is 4.66. The Balaban J connectivity index is 1.52. The molecular weight excluding hydrogens is 404 g/mol. The minimum absolute atomic E-state index is 0.0113. The van der Waals surface area contributed by atoms with Crippen LogP contribution in [0.4, 0.5) is 0 Å². The maximum absolute atomic E-state index is 11.4. The van der Waals surface area contributed by atoms with Crippen LogP contribution in [0.3, 0.4) is 0 Å². The number of hydrogen-bond donors (Lipinski definition) is 3. The molecule has 2 fully saturated rings. The van der Waals surface area contributed by atoms with Crippen LogP contribution in [-0.2, 0) is 6.54 Å². The summed E-state index contributed by atoms with van der Waals surface area (Å²) in [6.45, 7) is 3.56. The molecule has 1 aliphatic heterocycles. The number of rotatable bonds is 6. The molecule has 2 atom stereocenters. The summed E-state index contributed by atoms with van der Waals surface area (Å²) >= 11 is 0. The van der Waals surface area contributed by atoms with E-state index in [9.17, 15) is 15.0 Å². The average Bonchev–Trinajstić information content (AvgIpc) is 3.54. The van der Waals surface area contributed by atoms with Crippen molar-refractivity contribution in [2.45, 2.75) is 50.8 Å². The quantitative estimate of drug-likeness (QED) is 0.525. The summed E-state index contributed by atoms with van der Waals surface area (Å²) in [4.78, 5) is 17.1. The van der Waals surface area contributed by atoms with Crippen LogP contribution in [0, 0.1) is 12.8 Å². The molecule has 32 heavy (non-hydrogen) atoms. The number of aromatic amines is 1. The summed E-state index contributed by atoms with van der Waals surface area (Å²) in [7, 11) is 1.71. The summed E-state index contributed by atoms with van der Waals surface area (Å²) in [5.74, 6) is 0.333. The Hall–Kier alpha value is -2.83. The molecule has 6 heteroatoms. The van der Waals surface area contributed by atoms with Gasteiger partial charge >= 0.3 is 5.97 Å². The minimum Gasteiger partial charge on any atom is -0.496 e. The summed E-state index contributed by atoms with van der Waals surface area (Å²) in [6, 6.07) is 11.3. The third-order valence-corrected chi connectivity index (χ3v) is 7.39. The van der Waals surface area contributed by atoms with E-state index in [1.807, 2.05) is 18.3 Å². The average molecular weight is 435 g/mol. The third-order valence-electron chi connectivity index (χ3n) is 7.39. The van der Waals surface area contributed by atoms with Crippen LogP contribution in [0.1, 0.15) is 58.8 Å². The summed E-state index contributed by atoms with van der Waals surface area (Å²) in [5, 5.41) is 21.8. The number of carboxylic acids is 1. The number of hydrogen-bond acceptors (Lipinski definition) is 4. The first kappa shape index (κ1) is 21.0. The lowest BCUT2D eigenvalue weighted by atomic mass is 9.80. The molecule has 2 unspecified atom stereocenters. The standard InChI is InChI=1S/C26H30N2O4/c1-16-13-23(32-2)21(20-9-11-27-24(16)20)15-28-12-10-26(31,19-7-8-19)14-22(28)17-3-5-18(6-4-17)25(29)30/h3-6,9,11,13,19,22,27,31H,7-8,10,12,14-15H2,1-2H3,(H,29,30). The number of likely N-dealkylation sites (tertiary alicyclic amines) is 1. The normalized spacial score (nSPS) is 24.0. The van der Waals surface area contributed by atoms with Crippen molar-refractivity contribution >= 4 is 16.9 Å². The van der Waals surface area contributed by atoms with Gasteiger partial charge in [-0.05, 0) is 73.9 Å². The number of fused-ring (bicyclic) bond motifs is 1. The van der Waals surface area contributed by atoms with Crippen molar-refractivity contribution in [3.8, 4) is 5.75 Å². The van der Waals surface area contributed by atoms with E-state index in [0.717, 1.165) is 59.2 Å². The maximum atomic E-state index is 11.4. The summed E-state index contributed by atoms with van der Waals surface area (Å²) < 4.78 is 5.76. The molecule has 0 amide bonds. The van der Waals surface area contributed by atoms with Crippen LogP contribution in [0.5, 0.6) is 5.75 Å². The van der Waals surface area contributed by atoms with Gasteiger partial charge in [-0.2, -0.15) is 0 Å². The van der Waals surface area contributed by atoms with Gasteiger partial charge < -0.3 is 19.9 Å². The highest BCUT2D eigenvalue weighted by Crippen LogP contribution is 2.50. The number of ether oxygens (including phenoxy) is 1. The van der Waals surface area contributed by atoms with Gasteiger partial charge in [-0.15, -0.1) is 0 Å². The minimum atomic E-state index is -0.925. The summed E-state index contributed by atoms with van der Waals surface area (Å²) in [6.07, 6.45) is 5.57. The number of carboxylic acid groups (broad SMARTS) is 1. The van der Waals surface area contributed by atoms with Crippen molar-refractivity contribution in [2.75, 3.05) is 13.7 Å². The van der Waals surface area contributed by atoms with Gasteiger partial charge in [0.1, 0.15) is 5.75 Å². The van der Waals surface area contributed by atoms with Crippen molar-refractivity contribution in [3.63, 3.8) is 0 Å². The number of carbonyl (C=O) groups is 1. The van der Waals surface area contributed by atoms with E-state index in [4.69, 9.17) is 4.74 Å². The molecule has 2 aliphatic rings. The molecule has 2 heterocycles. The molecule has 1 saturated heterocycles. The number of aromatic carboxylic acids is 1. The molecule has 3 N–H and O–H groups in total. The van der Waals surface area contributed by atoms with Crippen LogP contribution in [0.15, 0.2) is 42.6 Å². The fourth-order valence-electron chi connectivity index (χ4n) is 5.40. The zero-order chi connectivity index (χ0) is 22.5. The first-order chi connectivity index (χ1) is 15.4. The van der Waals surface area contributed by atoms with Gasteiger partial charge in [0, 0.05) is 41.8 Å². The number of benzene rings is 2. The lowest BCUT2D eigenvalue weighted by Gasteiger charge is -2.45. The Morgan fingerprint density at radius 3 is 2.66 bits per heavy atom. The molecule has 5 rings (SSSR count). The number of methoxy groups -OCH3 is 1. The Morgan fingerprint density at radius 2 is 2.00 bits per heavy atom. The second-order valence-electron chi connectivity index (χ2n) is 9.39. The highest BCUT2D eigenvalue weighted by atomic mass is 16.5. The van der Waals surface area contributed by atoms with Gasteiger partial charge in [0.15, 0.2) is 0 Å². The largest absolute Gasteiger partial charge is 0.496 e. The highest BCUT2D eigenvalue weighted by molar-refractivity contribution is 5.88. The maximum Gasteiger partial charge on any atom is 0.335 e. The molecular formula is C26H30N2O4. The van der Waals surface area contributed by atoms with Gasteiger partial charge in [-0.1, -0.05) is 12.1 Å². The van der Waals surface area contributed by atoms with E-state index >= 15 is 0 Å². The lowest BCUT2D eigenvalue weighted by molar-refractivity contribution is -0.0661. The van der Waals surface area contributed by atoms with Crippen molar-refractivity contribution in [2.24, 2.45) is 5.92 Å². The van der Waals surface area contributed by atoms with Crippen molar-refractivity contribution < 1.29 is 19.7 Å². The smallest absolute Gasteiger partial charge is 0.335 e. The topological polar surface area (TPSA) is 85.8 Å². The molecule has 168 valence electrons. The van der Waals surface area contributed by atoms with Crippen LogP contribution in [-0.4, -0.2) is 45.3 Å². The van der Waals surface area contributed by atoms with Crippen molar-refractivity contribution in [1.29, 1.82) is 0 Å². The Bertz CT molecular complexity index is 1150. The third kappa shape index (κ3) is 3.67. The van der Waals surface area contributed by atoms with E-state index in [0.29, 0.717) is 18.9 Å². The van der Waals surface area contributed by atoms with Crippen LogP contribution >= 0.6 is 0 Å². The number of aliphatic hydroxyl groups is 1. The molecule has 3 aromatic rings. The first-order valence-electron chi connectivity index (χ1n) is 11.3. The van der Waals surface area contributed by atoms with Crippen molar-refractivity contribution in [1.82, 2.24) is 9.88 Å². The predicted molar refractivity (Wildman–Crippen MR) is 123 cm³/mol. The fourth-order valence-corrected chi connectivity index (χ4v) is 5.40. The second kappa shape index (κ2) is 7.94. The molecule has 0 spiro atoms.